The van der Waals surface area contributed by atoms with Gasteiger partial charge in [0.1, 0.15) is 0 Å². The average molecular weight is 486 g/mol. The molecule has 27 heavy (non-hydrogen) atoms. The summed E-state index contributed by atoms with van der Waals surface area (Å²) in [6, 6.07) is 7.76. The monoisotopic (exact) mass is 486 g/mol. The molecule has 6 heteroatoms. The predicted octanol–water partition coefficient (Wildman–Crippen LogP) is 3.89. The Balaban J connectivity index is 0.00000364. The van der Waals surface area contributed by atoms with E-state index in [1.165, 1.54) is 19.3 Å². The van der Waals surface area contributed by atoms with Crippen LogP contribution in [0.25, 0.3) is 0 Å². The van der Waals surface area contributed by atoms with Crippen LogP contribution in [0.1, 0.15) is 56.0 Å². The lowest BCUT2D eigenvalue weighted by atomic mass is 9.87. The van der Waals surface area contributed by atoms with E-state index in [-0.39, 0.29) is 29.9 Å². The first-order valence-electron chi connectivity index (χ1n) is 9.95. The second-order valence-corrected chi connectivity index (χ2v) is 7.03. The minimum absolute atomic E-state index is 0. The molecule has 152 valence electrons. The quantitative estimate of drug-likeness (QED) is 0.350. The molecule has 2 rings (SSSR count). The molecular weight excluding hydrogens is 451 g/mol. The summed E-state index contributed by atoms with van der Waals surface area (Å²) < 4.78 is 0. The van der Waals surface area contributed by atoms with Crippen LogP contribution in [0.4, 0.5) is 0 Å². The van der Waals surface area contributed by atoms with Gasteiger partial charge in [-0.15, -0.1) is 24.0 Å². The molecule has 1 fully saturated rings. The van der Waals surface area contributed by atoms with Gasteiger partial charge in [-0.1, -0.05) is 38.8 Å². The maximum Gasteiger partial charge on any atom is 0.251 e. The molecule has 0 radical (unpaired) electrons. The molecule has 1 heterocycles. The van der Waals surface area contributed by atoms with Gasteiger partial charge in [0.2, 0.25) is 0 Å². The van der Waals surface area contributed by atoms with Crippen molar-refractivity contribution in [2.45, 2.75) is 46.6 Å². The number of hydrogen-bond donors (Lipinski definition) is 2. The number of nitrogens with zero attached hydrogens (tertiary/aromatic N) is 2. The molecule has 1 saturated heterocycles. The number of likely N-dealkylation sites (tertiary alicyclic amines) is 1. The van der Waals surface area contributed by atoms with Gasteiger partial charge in [-0.05, 0) is 42.9 Å². The zero-order chi connectivity index (χ0) is 18.9. The molecule has 1 aromatic carbocycles. The van der Waals surface area contributed by atoms with Crippen LogP contribution in [0.15, 0.2) is 29.3 Å². The minimum Gasteiger partial charge on any atom is -0.352 e. The van der Waals surface area contributed by atoms with Gasteiger partial charge >= 0.3 is 0 Å². The van der Waals surface area contributed by atoms with Crippen molar-refractivity contribution in [1.82, 2.24) is 15.5 Å². The Morgan fingerprint density at radius 2 is 1.85 bits per heavy atom. The van der Waals surface area contributed by atoms with Crippen molar-refractivity contribution in [3.05, 3.63) is 35.4 Å². The number of carbonyl (C=O) groups is 1. The number of halogens is 1. The lowest BCUT2D eigenvalue weighted by Gasteiger charge is -2.24. The molecule has 2 N–H and O–H groups in total. The van der Waals surface area contributed by atoms with Gasteiger partial charge in [0.15, 0.2) is 5.96 Å². The average Bonchev–Trinajstić information content (AvgIpc) is 3.14. The summed E-state index contributed by atoms with van der Waals surface area (Å²) in [6.45, 7) is 10.1. The van der Waals surface area contributed by atoms with Crippen LogP contribution >= 0.6 is 24.0 Å². The van der Waals surface area contributed by atoms with Gasteiger partial charge in [-0.2, -0.15) is 0 Å². The van der Waals surface area contributed by atoms with Crippen LogP contribution in [0.3, 0.4) is 0 Å². The Morgan fingerprint density at radius 1 is 1.19 bits per heavy atom. The van der Waals surface area contributed by atoms with Gasteiger partial charge < -0.3 is 15.5 Å². The highest BCUT2D eigenvalue weighted by atomic mass is 127. The first-order chi connectivity index (χ1) is 12.6. The molecule has 1 amide bonds. The van der Waals surface area contributed by atoms with Crippen molar-refractivity contribution in [3.8, 4) is 0 Å². The molecule has 1 aliphatic rings. The summed E-state index contributed by atoms with van der Waals surface area (Å²) in [4.78, 5) is 18.7. The molecule has 0 spiro atoms. The molecule has 5 nitrogen and oxygen atoms in total. The fourth-order valence-corrected chi connectivity index (χ4v) is 3.87. The van der Waals surface area contributed by atoms with Crippen LogP contribution in [-0.2, 0) is 6.54 Å². The van der Waals surface area contributed by atoms with E-state index in [2.05, 4.69) is 34.4 Å². The van der Waals surface area contributed by atoms with Crippen molar-refractivity contribution in [2.75, 3.05) is 26.7 Å². The summed E-state index contributed by atoms with van der Waals surface area (Å²) >= 11 is 0. The standard InChI is InChI=1S/C21H34N4O.HI/c1-5-17(6-2)19-12-13-25(15-19)21(22-4)24-14-16-8-10-18(11-9-16)20(26)23-7-3;/h8-11,17,19H,5-7,12-15H2,1-4H3,(H,22,24)(H,23,26);1H. The Labute approximate surface area is 181 Å². The lowest BCUT2D eigenvalue weighted by Crippen LogP contribution is -2.40. The molecule has 0 aliphatic carbocycles. The fourth-order valence-electron chi connectivity index (χ4n) is 3.87. The van der Waals surface area contributed by atoms with Gasteiger partial charge in [-0.3, -0.25) is 9.79 Å². The maximum atomic E-state index is 11.8. The second kappa shape index (κ2) is 12.2. The van der Waals surface area contributed by atoms with Crippen molar-refractivity contribution < 1.29 is 4.79 Å². The van der Waals surface area contributed by atoms with E-state index in [1.54, 1.807) is 0 Å². The number of hydrogen-bond acceptors (Lipinski definition) is 2. The highest BCUT2D eigenvalue weighted by Crippen LogP contribution is 2.28. The third kappa shape index (κ3) is 6.66. The van der Waals surface area contributed by atoms with E-state index in [1.807, 2.05) is 38.2 Å². The first kappa shape index (κ1) is 23.7. The highest BCUT2D eigenvalue weighted by molar-refractivity contribution is 14.0. The molecule has 0 aromatic heterocycles. The Hall–Kier alpha value is -1.31. The number of carbonyl (C=O) groups excluding carboxylic acids is 1. The molecule has 1 aliphatic heterocycles. The number of amides is 1. The van der Waals surface area contributed by atoms with Gasteiger partial charge in [0, 0.05) is 38.8 Å². The highest BCUT2D eigenvalue weighted by Gasteiger charge is 2.29. The number of rotatable bonds is 7. The lowest BCUT2D eigenvalue weighted by molar-refractivity contribution is 0.0956. The smallest absolute Gasteiger partial charge is 0.251 e. The van der Waals surface area contributed by atoms with E-state index in [0.717, 1.165) is 36.4 Å². The van der Waals surface area contributed by atoms with Gasteiger partial charge in [0.25, 0.3) is 5.91 Å². The number of aliphatic imine (C=N–C) groups is 1. The van der Waals surface area contributed by atoms with E-state index in [4.69, 9.17) is 0 Å². The minimum atomic E-state index is -0.0210. The van der Waals surface area contributed by atoms with Crippen LogP contribution in [0, 0.1) is 11.8 Å². The Morgan fingerprint density at radius 3 is 2.41 bits per heavy atom. The van der Waals surface area contributed by atoms with Crippen LogP contribution < -0.4 is 10.6 Å². The molecular formula is C21H35IN4O. The number of nitrogens with one attached hydrogen (secondary N) is 2. The molecule has 0 saturated carbocycles. The number of benzene rings is 1. The van der Waals surface area contributed by atoms with Crippen molar-refractivity contribution >= 4 is 35.8 Å². The van der Waals surface area contributed by atoms with Gasteiger partial charge in [-0.25, -0.2) is 0 Å². The summed E-state index contributed by atoms with van der Waals surface area (Å²) in [5, 5.41) is 6.29. The SMILES string of the molecule is CCNC(=O)c1ccc(CNC(=NC)N2CCC(C(CC)CC)C2)cc1.I. The third-order valence-electron chi connectivity index (χ3n) is 5.46. The molecule has 1 atom stereocenters. The van der Waals surface area contributed by atoms with E-state index in [9.17, 15) is 4.79 Å². The fraction of sp³-hybridized carbons (Fsp3) is 0.619. The van der Waals surface area contributed by atoms with E-state index < -0.39 is 0 Å². The topological polar surface area (TPSA) is 56.7 Å². The Kier molecular flexibility index (Phi) is 10.7. The summed E-state index contributed by atoms with van der Waals surface area (Å²) in [7, 11) is 1.85. The normalized spacial score (nSPS) is 17.0. The summed E-state index contributed by atoms with van der Waals surface area (Å²) in [5.74, 6) is 2.55. The van der Waals surface area contributed by atoms with E-state index in [0.29, 0.717) is 18.7 Å². The zero-order valence-corrected chi connectivity index (χ0v) is 19.5. The van der Waals surface area contributed by atoms with Crippen molar-refractivity contribution in [1.29, 1.82) is 0 Å². The van der Waals surface area contributed by atoms with Crippen molar-refractivity contribution in [3.63, 3.8) is 0 Å². The van der Waals surface area contributed by atoms with Crippen LogP contribution in [0.5, 0.6) is 0 Å². The van der Waals surface area contributed by atoms with Crippen LogP contribution in [-0.4, -0.2) is 43.4 Å². The second-order valence-electron chi connectivity index (χ2n) is 7.03. The maximum absolute atomic E-state index is 11.8. The molecule has 1 unspecified atom stereocenters. The Bertz CT molecular complexity index is 599. The summed E-state index contributed by atoms with van der Waals surface area (Å²) in [6.07, 6.45) is 3.78. The molecule has 1 aromatic rings. The zero-order valence-electron chi connectivity index (χ0n) is 17.1. The third-order valence-corrected chi connectivity index (χ3v) is 5.46. The van der Waals surface area contributed by atoms with Gasteiger partial charge in [0.05, 0.1) is 0 Å². The first-order valence-corrected chi connectivity index (χ1v) is 9.95. The number of guanidine groups is 1. The van der Waals surface area contributed by atoms with E-state index >= 15 is 0 Å². The predicted molar refractivity (Wildman–Crippen MR) is 124 cm³/mol. The molecule has 0 bridgehead atoms. The van der Waals surface area contributed by atoms with Crippen LogP contribution in [0.2, 0.25) is 0 Å². The van der Waals surface area contributed by atoms with Crippen molar-refractivity contribution in [2.24, 2.45) is 16.8 Å². The summed E-state index contributed by atoms with van der Waals surface area (Å²) in [5.41, 5.74) is 1.85. The largest absolute Gasteiger partial charge is 0.352 e.